The molecule has 0 heterocycles. The Bertz CT molecular complexity index is 1090. The number of hydrogen-bond acceptors (Lipinski definition) is 6. The SMILES string of the molecule is CC(C)(C)c1cc(O)ccc1OP(=O)(Oc1ccccc1)Oc1ccc(O)cc1C(C)(C)C. The van der Waals surface area contributed by atoms with Crippen LogP contribution in [0.3, 0.4) is 0 Å². The third-order valence-electron chi connectivity index (χ3n) is 4.92. The van der Waals surface area contributed by atoms with Gasteiger partial charge in [-0.15, -0.1) is 0 Å². The lowest BCUT2D eigenvalue weighted by atomic mass is 9.86. The molecule has 3 rings (SSSR count). The lowest BCUT2D eigenvalue weighted by Gasteiger charge is -2.27. The molecule has 0 aromatic heterocycles. The second-order valence-corrected chi connectivity index (χ2v) is 11.3. The van der Waals surface area contributed by atoms with Gasteiger partial charge in [0.2, 0.25) is 0 Å². The molecule has 0 spiro atoms. The highest BCUT2D eigenvalue weighted by Crippen LogP contribution is 2.53. The van der Waals surface area contributed by atoms with Crippen LogP contribution in [0.5, 0.6) is 28.7 Å². The monoisotopic (exact) mass is 470 g/mol. The van der Waals surface area contributed by atoms with Gasteiger partial charge in [0.15, 0.2) is 0 Å². The summed E-state index contributed by atoms with van der Waals surface area (Å²) in [6.45, 7) is 11.7. The van der Waals surface area contributed by atoms with Gasteiger partial charge in [-0.25, -0.2) is 0 Å². The normalized spacial score (nSPS) is 12.3. The Morgan fingerprint density at radius 1 is 0.636 bits per heavy atom. The van der Waals surface area contributed by atoms with Gasteiger partial charge in [-0.2, -0.15) is 4.57 Å². The Balaban J connectivity index is 2.10. The molecule has 33 heavy (non-hydrogen) atoms. The fourth-order valence-corrected chi connectivity index (χ4v) is 4.57. The molecule has 3 aromatic rings. The summed E-state index contributed by atoms with van der Waals surface area (Å²) in [6, 6.07) is 17.8. The Morgan fingerprint density at radius 2 is 1.06 bits per heavy atom. The van der Waals surface area contributed by atoms with Crippen molar-refractivity contribution in [3.8, 4) is 28.7 Å². The fraction of sp³-hybridized carbons (Fsp3) is 0.308. The van der Waals surface area contributed by atoms with Gasteiger partial charge in [-0.05, 0) is 59.4 Å². The zero-order chi connectivity index (χ0) is 24.4. The minimum Gasteiger partial charge on any atom is -0.508 e. The van der Waals surface area contributed by atoms with E-state index in [1.54, 1.807) is 48.5 Å². The van der Waals surface area contributed by atoms with Crippen LogP contribution in [0.25, 0.3) is 0 Å². The number of benzene rings is 3. The van der Waals surface area contributed by atoms with Gasteiger partial charge in [0, 0.05) is 11.1 Å². The van der Waals surface area contributed by atoms with Crippen LogP contribution >= 0.6 is 7.82 Å². The van der Waals surface area contributed by atoms with Crippen molar-refractivity contribution < 1.29 is 28.3 Å². The second kappa shape index (κ2) is 9.03. The van der Waals surface area contributed by atoms with Crippen molar-refractivity contribution in [2.24, 2.45) is 0 Å². The van der Waals surface area contributed by atoms with E-state index in [1.165, 1.54) is 12.1 Å². The van der Waals surface area contributed by atoms with E-state index >= 15 is 0 Å². The molecule has 0 radical (unpaired) electrons. The maximum atomic E-state index is 14.1. The van der Waals surface area contributed by atoms with Gasteiger partial charge in [0.25, 0.3) is 0 Å². The summed E-state index contributed by atoms with van der Waals surface area (Å²) in [7, 11) is -4.27. The highest BCUT2D eigenvalue weighted by molar-refractivity contribution is 7.49. The lowest BCUT2D eigenvalue weighted by Crippen LogP contribution is -2.17. The van der Waals surface area contributed by atoms with Crippen molar-refractivity contribution in [2.45, 2.75) is 52.4 Å². The van der Waals surface area contributed by atoms with Crippen LogP contribution in [0, 0.1) is 0 Å². The number of hydrogen-bond donors (Lipinski definition) is 2. The second-order valence-electron chi connectivity index (χ2n) is 9.90. The van der Waals surface area contributed by atoms with E-state index in [0.29, 0.717) is 16.9 Å². The molecule has 0 aliphatic heterocycles. The largest absolute Gasteiger partial charge is 0.647 e. The van der Waals surface area contributed by atoms with Crippen LogP contribution in [-0.2, 0) is 15.4 Å². The first kappa shape index (κ1) is 24.5. The molecule has 7 heteroatoms. The molecule has 0 aliphatic rings. The Labute approximate surface area is 195 Å². The molecule has 0 amide bonds. The van der Waals surface area contributed by atoms with Crippen LogP contribution in [0.4, 0.5) is 0 Å². The molecule has 0 bridgehead atoms. The summed E-state index contributed by atoms with van der Waals surface area (Å²) < 4.78 is 31.8. The molecule has 3 aromatic carbocycles. The number of phosphoric ester groups is 1. The maximum Gasteiger partial charge on any atom is 0.647 e. The molecule has 176 valence electrons. The van der Waals surface area contributed by atoms with Crippen molar-refractivity contribution in [2.75, 3.05) is 0 Å². The zero-order valence-corrected chi connectivity index (χ0v) is 20.7. The van der Waals surface area contributed by atoms with Crippen LogP contribution in [0.1, 0.15) is 52.7 Å². The number of phenols is 2. The highest BCUT2D eigenvalue weighted by atomic mass is 31.2. The van der Waals surface area contributed by atoms with Crippen molar-refractivity contribution in [1.29, 1.82) is 0 Å². The lowest BCUT2D eigenvalue weighted by molar-refractivity contribution is 0.292. The molecule has 0 unspecified atom stereocenters. The summed E-state index contributed by atoms with van der Waals surface area (Å²) in [5.74, 6) is 1.00. The summed E-state index contributed by atoms with van der Waals surface area (Å²) in [4.78, 5) is 0. The number of para-hydroxylation sites is 1. The standard InChI is InChI=1S/C26H31O6P/c1-25(2,3)21-16-18(27)12-14-23(21)31-33(29,30-20-10-8-7-9-11-20)32-24-15-13-19(28)17-22(24)26(4,5)6/h7-17,27-28H,1-6H3. The topological polar surface area (TPSA) is 85.2 Å². The van der Waals surface area contributed by atoms with Gasteiger partial charge in [0.05, 0.1) is 0 Å². The third kappa shape index (κ3) is 6.23. The van der Waals surface area contributed by atoms with Crippen LogP contribution in [-0.4, -0.2) is 10.2 Å². The molecule has 0 saturated heterocycles. The first-order valence-electron chi connectivity index (χ1n) is 10.7. The van der Waals surface area contributed by atoms with E-state index in [4.69, 9.17) is 13.6 Å². The molecule has 0 atom stereocenters. The average Bonchev–Trinajstić information content (AvgIpc) is 2.70. The van der Waals surface area contributed by atoms with Gasteiger partial charge < -0.3 is 23.8 Å². The minimum absolute atomic E-state index is 0.0700. The average molecular weight is 471 g/mol. The van der Waals surface area contributed by atoms with E-state index in [2.05, 4.69) is 0 Å². The van der Waals surface area contributed by atoms with Crippen molar-refractivity contribution in [1.82, 2.24) is 0 Å². The molecular formula is C26H31O6P. The van der Waals surface area contributed by atoms with Crippen molar-refractivity contribution in [3.63, 3.8) is 0 Å². The quantitative estimate of drug-likeness (QED) is 0.367. The van der Waals surface area contributed by atoms with E-state index in [-0.39, 0.29) is 23.0 Å². The third-order valence-corrected chi connectivity index (χ3v) is 6.20. The highest BCUT2D eigenvalue weighted by Gasteiger charge is 2.37. The van der Waals surface area contributed by atoms with Gasteiger partial charge in [-0.1, -0.05) is 59.7 Å². The van der Waals surface area contributed by atoms with Crippen LogP contribution in [0.2, 0.25) is 0 Å². The molecule has 0 fully saturated rings. The Hall–Kier alpha value is -3.11. The zero-order valence-electron chi connectivity index (χ0n) is 19.8. The summed E-state index contributed by atoms with van der Waals surface area (Å²) in [5.41, 5.74) is 0.455. The smallest absolute Gasteiger partial charge is 0.508 e. The Morgan fingerprint density at radius 3 is 1.45 bits per heavy atom. The summed E-state index contributed by atoms with van der Waals surface area (Å²) >= 11 is 0. The van der Waals surface area contributed by atoms with Gasteiger partial charge >= 0.3 is 7.82 Å². The molecule has 6 nitrogen and oxygen atoms in total. The number of phenolic OH excluding ortho intramolecular Hbond substituents is 2. The van der Waals surface area contributed by atoms with E-state index in [9.17, 15) is 14.8 Å². The fourth-order valence-electron chi connectivity index (χ4n) is 3.27. The predicted molar refractivity (Wildman–Crippen MR) is 130 cm³/mol. The van der Waals surface area contributed by atoms with Crippen molar-refractivity contribution >= 4 is 7.82 Å². The summed E-state index contributed by atoms with van der Waals surface area (Å²) in [6.07, 6.45) is 0. The predicted octanol–water partition coefficient (Wildman–Crippen LogP) is 7.34. The molecule has 2 N–H and O–H groups in total. The molecule has 0 saturated carbocycles. The van der Waals surface area contributed by atoms with Gasteiger partial charge in [0.1, 0.15) is 28.7 Å². The van der Waals surface area contributed by atoms with Crippen LogP contribution in [0.15, 0.2) is 66.7 Å². The van der Waals surface area contributed by atoms with Gasteiger partial charge in [-0.3, -0.25) is 0 Å². The Kier molecular flexibility index (Phi) is 6.71. The van der Waals surface area contributed by atoms with E-state index in [1.807, 2.05) is 47.6 Å². The maximum absolute atomic E-state index is 14.1. The first-order chi connectivity index (χ1) is 15.3. The minimum atomic E-state index is -4.27. The first-order valence-corrected chi connectivity index (χ1v) is 12.1. The summed E-state index contributed by atoms with van der Waals surface area (Å²) in [5, 5.41) is 20.0. The number of phosphoric acid groups is 1. The van der Waals surface area contributed by atoms with E-state index in [0.717, 1.165) is 0 Å². The number of rotatable bonds is 6. The molecule has 0 aliphatic carbocycles. The van der Waals surface area contributed by atoms with Crippen LogP contribution < -0.4 is 13.6 Å². The van der Waals surface area contributed by atoms with E-state index < -0.39 is 18.7 Å². The molecular weight excluding hydrogens is 439 g/mol. The van der Waals surface area contributed by atoms with Crippen molar-refractivity contribution in [3.05, 3.63) is 77.9 Å². The number of aromatic hydroxyl groups is 2.